The van der Waals surface area contributed by atoms with Crippen molar-refractivity contribution in [3.63, 3.8) is 0 Å². The van der Waals surface area contributed by atoms with Crippen molar-refractivity contribution < 1.29 is 19.1 Å². The van der Waals surface area contributed by atoms with Gasteiger partial charge in [-0.05, 0) is 72.6 Å². The number of hydrogen-bond donors (Lipinski definition) is 0. The fourth-order valence-electron chi connectivity index (χ4n) is 4.25. The topological polar surface area (TPSA) is 55.8 Å². The number of halogens is 1. The first-order valence-electron chi connectivity index (χ1n) is 13.0. The lowest BCUT2D eigenvalue weighted by Crippen LogP contribution is -2.39. The number of carbonyl (C=O) groups is 2. The Kier molecular flexibility index (Phi) is 8.76. The van der Waals surface area contributed by atoms with Crippen molar-refractivity contribution in [1.29, 1.82) is 0 Å². The van der Waals surface area contributed by atoms with Gasteiger partial charge in [0.1, 0.15) is 11.3 Å². The van der Waals surface area contributed by atoms with Gasteiger partial charge in [0.25, 0.3) is 5.91 Å². The van der Waals surface area contributed by atoms with Gasteiger partial charge in [-0.15, -0.1) is 0 Å². The van der Waals surface area contributed by atoms with Crippen LogP contribution >= 0.6 is 11.6 Å². The highest BCUT2D eigenvalue weighted by atomic mass is 35.5. The maximum atomic E-state index is 13.5. The van der Waals surface area contributed by atoms with Crippen LogP contribution in [0, 0.1) is 11.8 Å². The van der Waals surface area contributed by atoms with E-state index < -0.39 is 11.8 Å². The van der Waals surface area contributed by atoms with Crippen molar-refractivity contribution in [1.82, 2.24) is 4.90 Å². The van der Waals surface area contributed by atoms with E-state index in [9.17, 15) is 9.59 Å². The molecule has 1 aliphatic heterocycles. The van der Waals surface area contributed by atoms with E-state index in [2.05, 4.69) is 18.8 Å². The molecule has 0 atom stereocenters. The minimum atomic E-state index is -1.00. The first-order chi connectivity index (χ1) is 18.2. The predicted molar refractivity (Wildman–Crippen MR) is 149 cm³/mol. The normalized spacial score (nSPS) is 13.4. The van der Waals surface area contributed by atoms with E-state index in [1.54, 1.807) is 26.0 Å². The maximum Gasteiger partial charge on any atom is 0.345 e. The third-order valence-corrected chi connectivity index (χ3v) is 6.48. The Morgan fingerprint density at radius 1 is 0.895 bits per heavy atom. The fourth-order valence-corrected chi connectivity index (χ4v) is 4.37. The van der Waals surface area contributed by atoms with E-state index >= 15 is 0 Å². The molecule has 1 aliphatic rings. The Hall–Kier alpha value is -3.75. The second-order valence-corrected chi connectivity index (χ2v) is 10.3. The van der Waals surface area contributed by atoms with E-state index in [0.29, 0.717) is 35.0 Å². The lowest BCUT2D eigenvalue weighted by molar-refractivity contribution is -0.127. The second-order valence-electron chi connectivity index (χ2n) is 9.84. The summed E-state index contributed by atoms with van der Waals surface area (Å²) in [6, 6.07) is 20.1. The number of benzene rings is 3. The number of cyclic esters (lactones) is 1. The van der Waals surface area contributed by atoms with E-state index in [0.717, 1.165) is 42.4 Å². The number of esters is 1. The number of nitrogens with zero attached hydrogens (tertiary/aromatic N) is 1. The van der Waals surface area contributed by atoms with Crippen LogP contribution in [-0.4, -0.2) is 29.1 Å². The summed E-state index contributed by atoms with van der Waals surface area (Å²) >= 11 is 5.94. The summed E-state index contributed by atoms with van der Waals surface area (Å²) in [6.07, 6.45) is 4.21. The van der Waals surface area contributed by atoms with Gasteiger partial charge in [0, 0.05) is 48.6 Å². The Morgan fingerprint density at radius 3 is 2.21 bits per heavy atom. The number of amides is 1. The van der Waals surface area contributed by atoms with E-state index in [1.807, 2.05) is 59.5 Å². The van der Waals surface area contributed by atoms with Gasteiger partial charge >= 0.3 is 5.97 Å². The summed E-state index contributed by atoms with van der Waals surface area (Å²) in [4.78, 5) is 27.9. The third kappa shape index (κ3) is 7.18. The number of fused-ring (bicyclic) bond motifs is 1. The van der Waals surface area contributed by atoms with Crippen molar-refractivity contribution >= 4 is 23.5 Å². The largest absolute Gasteiger partial charge is 0.452 e. The zero-order chi connectivity index (χ0) is 27.1. The van der Waals surface area contributed by atoms with Crippen LogP contribution in [0.1, 0.15) is 83.9 Å². The molecule has 196 valence electrons. The van der Waals surface area contributed by atoms with Gasteiger partial charge < -0.3 is 14.4 Å². The van der Waals surface area contributed by atoms with Gasteiger partial charge in [-0.25, -0.2) is 4.79 Å². The number of unbranched alkanes of at least 4 members (excludes halogenated alkanes) is 3. The molecule has 0 bridgehead atoms. The molecule has 0 fully saturated rings. The fraction of sp³-hybridized carbons (Fsp3) is 0.312. The van der Waals surface area contributed by atoms with Gasteiger partial charge in [-0.2, -0.15) is 0 Å². The highest BCUT2D eigenvalue weighted by Gasteiger charge is 2.34. The summed E-state index contributed by atoms with van der Waals surface area (Å²) in [5.74, 6) is 5.25. The van der Waals surface area contributed by atoms with Gasteiger partial charge in [-0.3, -0.25) is 4.79 Å². The molecule has 4 rings (SSSR count). The van der Waals surface area contributed by atoms with Crippen molar-refractivity contribution in [2.24, 2.45) is 0 Å². The Balaban J connectivity index is 1.50. The summed E-state index contributed by atoms with van der Waals surface area (Å²) < 4.78 is 11.2. The molecule has 0 N–H and O–H groups in total. The summed E-state index contributed by atoms with van der Waals surface area (Å²) in [7, 11) is 0. The third-order valence-electron chi connectivity index (χ3n) is 6.23. The lowest BCUT2D eigenvalue weighted by Gasteiger charge is -2.32. The number of hydrogen-bond acceptors (Lipinski definition) is 4. The van der Waals surface area contributed by atoms with Crippen molar-refractivity contribution in [2.75, 3.05) is 6.54 Å². The average molecular weight is 530 g/mol. The zero-order valence-electron chi connectivity index (χ0n) is 22.1. The van der Waals surface area contributed by atoms with E-state index in [4.69, 9.17) is 21.1 Å². The molecule has 3 aromatic rings. The second kappa shape index (κ2) is 12.2. The molecule has 0 saturated heterocycles. The van der Waals surface area contributed by atoms with Crippen LogP contribution < -0.4 is 4.74 Å². The monoisotopic (exact) mass is 529 g/mol. The van der Waals surface area contributed by atoms with Crippen molar-refractivity contribution in [3.8, 4) is 17.6 Å². The van der Waals surface area contributed by atoms with Crippen LogP contribution in [0.3, 0.4) is 0 Å². The van der Waals surface area contributed by atoms with E-state index in [-0.39, 0.29) is 5.91 Å². The standard InChI is InChI=1S/C32H32ClNO4/c1-4-5-6-7-20-34(22-25-14-19-29-28(21-25)31(36)38-32(2,3)37-29)30(35)26-15-10-23(11-16-26)8-9-24-12-17-27(33)18-13-24/h10-19,21H,4-7,20,22H2,1-3H3. The Morgan fingerprint density at radius 2 is 1.55 bits per heavy atom. The number of ether oxygens (including phenoxy) is 2. The minimum Gasteiger partial charge on any atom is -0.452 e. The lowest BCUT2D eigenvalue weighted by atomic mass is 10.1. The van der Waals surface area contributed by atoms with Crippen LogP contribution in [0.4, 0.5) is 0 Å². The van der Waals surface area contributed by atoms with Crippen molar-refractivity contribution in [3.05, 3.63) is 99.6 Å². The van der Waals surface area contributed by atoms with Gasteiger partial charge in [0.15, 0.2) is 0 Å². The first-order valence-corrected chi connectivity index (χ1v) is 13.3. The highest BCUT2D eigenvalue weighted by Crippen LogP contribution is 2.32. The van der Waals surface area contributed by atoms with Crippen LogP contribution in [0.2, 0.25) is 5.02 Å². The molecule has 6 heteroatoms. The molecule has 0 saturated carbocycles. The molecule has 38 heavy (non-hydrogen) atoms. The van der Waals surface area contributed by atoms with Gasteiger partial charge in [0.2, 0.25) is 5.79 Å². The SMILES string of the molecule is CCCCCCN(Cc1ccc2c(c1)C(=O)OC(C)(C)O2)C(=O)c1ccc(C#Cc2ccc(Cl)cc2)cc1. The average Bonchev–Trinajstić information content (AvgIpc) is 2.90. The van der Waals surface area contributed by atoms with Crippen LogP contribution in [0.25, 0.3) is 0 Å². The van der Waals surface area contributed by atoms with Crippen molar-refractivity contribution in [2.45, 2.75) is 58.8 Å². The van der Waals surface area contributed by atoms with E-state index in [1.165, 1.54) is 0 Å². The zero-order valence-corrected chi connectivity index (χ0v) is 22.8. The Bertz CT molecular complexity index is 1350. The Labute approximate surface area is 229 Å². The molecular weight excluding hydrogens is 498 g/mol. The van der Waals surface area contributed by atoms with Crippen LogP contribution in [0.5, 0.6) is 5.75 Å². The molecule has 1 heterocycles. The molecule has 0 unspecified atom stereocenters. The highest BCUT2D eigenvalue weighted by molar-refractivity contribution is 6.30. The molecule has 3 aromatic carbocycles. The molecule has 0 spiro atoms. The molecule has 0 radical (unpaired) electrons. The number of carbonyl (C=O) groups excluding carboxylic acids is 2. The molecular formula is C32H32ClNO4. The summed E-state index contributed by atoms with van der Waals surface area (Å²) in [5.41, 5.74) is 3.51. The maximum absolute atomic E-state index is 13.5. The van der Waals surface area contributed by atoms with Crippen LogP contribution in [-0.2, 0) is 11.3 Å². The summed E-state index contributed by atoms with van der Waals surface area (Å²) in [6.45, 7) is 6.57. The predicted octanol–water partition coefficient (Wildman–Crippen LogP) is 7.25. The minimum absolute atomic E-state index is 0.0589. The molecule has 1 amide bonds. The quantitative estimate of drug-likeness (QED) is 0.175. The molecule has 0 aliphatic carbocycles. The summed E-state index contributed by atoms with van der Waals surface area (Å²) in [5, 5.41) is 0.672. The number of rotatable bonds is 8. The van der Waals surface area contributed by atoms with Gasteiger partial charge in [-0.1, -0.05) is 55.7 Å². The smallest absolute Gasteiger partial charge is 0.345 e. The molecule has 0 aromatic heterocycles. The molecule has 5 nitrogen and oxygen atoms in total. The van der Waals surface area contributed by atoms with Crippen LogP contribution in [0.15, 0.2) is 66.7 Å². The first kappa shape index (κ1) is 27.3. The van der Waals surface area contributed by atoms with Gasteiger partial charge in [0.05, 0.1) is 0 Å².